The Balaban J connectivity index is -0.000000320. The average molecular weight is 201 g/mol. The maximum absolute atomic E-state index is 11.1. The van der Waals surface area contributed by atoms with Gasteiger partial charge in [0.2, 0.25) is 0 Å². The predicted octanol–water partition coefficient (Wildman–Crippen LogP) is -3.30. The monoisotopic (exact) mass is 200 g/mol. The Kier molecular flexibility index (Phi) is 11.1. The van der Waals surface area contributed by atoms with Crippen molar-refractivity contribution in [1.82, 2.24) is 0 Å². The zero-order valence-corrected chi connectivity index (χ0v) is 7.62. The first-order valence-electron chi connectivity index (χ1n) is 2.18. The zero-order chi connectivity index (χ0) is 7.49. The van der Waals surface area contributed by atoms with Crippen LogP contribution in [0.2, 0.25) is 0 Å². The zero-order valence-electron chi connectivity index (χ0n) is 5.45. The number of carboxylic acid groups (broad SMARTS) is 1. The van der Waals surface area contributed by atoms with Crippen molar-refractivity contribution in [3.05, 3.63) is 0 Å². The smallest absolute Gasteiger partial charge is 1.00 e. The molecule has 0 amide bonds. The van der Waals surface area contributed by atoms with Crippen LogP contribution in [0.15, 0.2) is 0 Å². The van der Waals surface area contributed by atoms with Gasteiger partial charge in [0, 0.05) is 12.4 Å². The molecule has 0 bridgehead atoms. The number of halogens is 4. The van der Waals surface area contributed by atoms with E-state index in [1.54, 1.807) is 0 Å². The van der Waals surface area contributed by atoms with Crippen LogP contribution >= 0.6 is 0 Å². The molecule has 0 aromatic heterocycles. The summed E-state index contributed by atoms with van der Waals surface area (Å²) in [5.41, 5.74) is 0. The molecule has 0 atom stereocenters. The Hall–Kier alpha value is 0.316. The summed E-state index contributed by atoms with van der Waals surface area (Å²) in [6.45, 7) is 0. The van der Waals surface area contributed by atoms with E-state index in [1.807, 2.05) is 0 Å². The van der Waals surface area contributed by atoms with Gasteiger partial charge in [0.25, 0.3) is 0 Å². The molecule has 11 heavy (non-hydrogen) atoms. The fourth-order valence-electron chi connectivity index (χ4n) is 0.244. The molecule has 0 aromatic rings. The Bertz CT molecular complexity index is 116. The van der Waals surface area contributed by atoms with Crippen molar-refractivity contribution in [2.45, 2.75) is 19.0 Å². The molecular formula is C4H4ClF3MgO2. The van der Waals surface area contributed by atoms with E-state index in [0.29, 0.717) is 0 Å². The van der Waals surface area contributed by atoms with Crippen LogP contribution in [0.1, 0.15) is 12.8 Å². The van der Waals surface area contributed by atoms with Gasteiger partial charge in [0.1, 0.15) is 0 Å². The number of aliphatic carboxylic acids is 1. The number of alkyl halides is 3. The summed E-state index contributed by atoms with van der Waals surface area (Å²) in [6.07, 6.45) is -6.65. The molecule has 0 aromatic carbocycles. The molecule has 0 radical (unpaired) electrons. The minimum Gasteiger partial charge on any atom is -1.00 e. The Labute approximate surface area is 83.7 Å². The van der Waals surface area contributed by atoms with E-state index in [9.17, 15) is 23.1 Å². The average Bonchev–Trinajstić information content (AvgIpc) is 1.59. The van der Waals surface area contributed by atoms with E-state index >= 15 is 0 Å². The van der Waals surface area contributed by atoms with Crippen LogP contribution in [-0.4, -0.2) is 35.2 Å². The molecule has 0 saturated carbocycles. The number of carbonyl (C=O) groups is 1. The molecule has 0 spiro atoms. The Morgan fingerprint density at radius 1 is 1.36 bits per heavy atom. The SMILES string of the molecule is O=C([O-])CCC(F)(F)F.[Cl-].[Mg+2]. The van der Waals surface area contributed by atoms with Crippen LogP contribution in [0, 0.1) is 0 Å². The summed E-state index contributed by atoms with van der Waals surface area (Å²) in [4.78, 5) is 9.43. The van der Waals surface area contributed by atoms with E-state index in [0.717, 1.165) is 0 Å². The Morgan fingerprint density at radius 3 is 1.82 bits per heavy atom. The molecule has 0 aliphatic carbocycles. The normalized spacial score (nSPS) is 9.36. The largest absolute Gasteiger partial charge is 2.00 e. The van der Waals surface area contributed by atoms with Crippen LogP contribution in [0.25, 0.3) is 0 Å². The topological polar surface area (TPSA) is 40.1 Å². The molecule has 7 heteroatoms. The van der Waals surface area contributed by atoms with E-state index in [-0.39, 0.29) is 35.5 Å². The van der Waals surface area contributed by atoms with Gasteiger partial charge in [-0.1, -0.05) is 0 Å². The molecule has 62 valence electrons. The third-order valence-corrected chi connectivity index (χ3v) is 0.613. The van der Waals surface area contributed by atoms with E-state index in [2.05, 4.69) is 0 Å². The molecule has 0 aliphatic rings. The molecule has 0 saturated heterocycles. The van der Waals surface area contributed by atoms with Gasteiger partial charge in [0.05, 0.1) is 0 Å². The molecule has 0 rings (SSSR count). The second kappa shape index (κ2) is 6.99. The minimum atomic E-state index is -4.39. The minimum absolute atomic E-state index is 0. The number of carbonyl (C=O) groups excluding carboxylic acids is 1. The van der Waals surface area contributed by atoms with Crippen molar-refractivity contribution in [3.63, 3.8) is 0 Å². The summed E-state index contributed by atoms with van der Waals surface area (Å²) in [6, 6.07) is 0. The number of carboxylic acids is 1. The van der Waals surface area contributed by atoms with Crippen LogP contribution in [0.3, 0.4) is 0 Å². The first-order chi connectivity index (χ1) is 3.92. The standard InChI is InChI=1S/C4H5F3O2.ClH.Mg/c5-4(6,7)2-1-3(8)9;;/h1-2H2,(H,8,9);1H;/q;;+2/p-2. The van der Waals surface area contributed by atoms with E-state index < -0.39 is 25.0 Å². The fourth-order valence-corrected chi connectivity index (χ4v) is 0.244. The second-order valence-electron chi connectivity index (χ2n) is 1.49. The van der Waals surface area contributed by atoms with E-state index in [1.165, 1.54) is 0 Å². The van der Waals surface area contributed by atoms with Gasteiger partial charge in [0.15, 0.2) is 0 Å². The van der Waals surface area contributed by atoms with Crippen molar-refractivity contribution >= 4 is 29.0 Å². The first-order valence-corrected chi connectivity index (χ1v) is 2.18. The summed E-state index contributed by atoms with van der Waals surface area (Å²) in [5.74, 6) is -1.67. The van der Waals surface area contributed by atoms with Gasteiger partial charge in [-0.25, -0.2) is 0 Å². The first kappa shape index (κ1) is 17.4. The maximum atomic E-state index is 11.1. The predicted molar refractivity (Wildman–Crippen MR) is 26.0 cm³/mol. The third-order valence-electron chi connectivity index (χ3n) is 0.613. The van der Waals surface area contributed by atoms with Crippen molar-refractivity contribution in [2.24, 2.45) is 0 Å². The molecule has 0 fully saturated rings. The van der Waals surface area contributed by atoms with Crippen molar-refractivity contribution < 1.29 is 35.5 Å². The summed E-state index contributed by atoms with van der Waals surface area (Å²) >= 11 is 0. The van der Waals surface area contributed by atoms with Gasteiger partial charge >= 0.3 is 29.2 Å². The van der Waals surface area contributed by atoms with E-state index in [4.69, 9.17) is 0 Å². The second-order valence-corrected chi connectivity index (χ2v) is 1.49. The van der Waals surface area contributed by atoms with Crippen LogP contribution in [0.4, 0.5) is 13.2 Å². The van der Waals surface area contributed by atoms with Gasteiger partial charge in [-0.15, -0.1) is 0 Å². The van der Waals surface area contributed by atoms with Crippen LogP contribution in [-0.2, 0) is 4.79 Å². The number of hydrogen-bond acceptors (Lipinski definition) is 2. The van der Waals surface area contributed by atoms with Crippen molar-refractivity contribution in [1.29, 1.82) is 0 Å². The molecule has 2 nitrogen and oxygen atoms in total. The van der Waals surface area contributed by atoms with Crippen molar-refractivity contribution in [2.75, 3.05) is 0 Å². The summed E-state index contributed by atoms with van der Waals surface area (Å²) in [7, 11) is 0. The number of hydrogen-bond donors (Lipinski definition) is 0. The molecule has 0 N–H and O–H groups in total. The molecule has 0 unspecified atom stereocenters. The maximum Gasteiger partial charge on any atom is 2.00 e. The third kappa shape index (κ3) is 17.9. The molecule has 0 heterocycles. The van der Waals surface area contributed by atoms with Gasteiger partial charge in [-0.2, -0.15) is 13.2 Å². The number of rotatable bonds is 2. The summed E-state index contributed by atoms with van der Waals surface area (Å²) < 4.78 is 33.4. The quantitative estimate of drug-likeness (QED) is 0.439. The van der Waals surface area contributed by atoms with Gasteiger partial charge in [-0.3, -0.25) is 0 Å². The summed E-state index contributed by atoms with van der Waals surface area (Å²) in [5, 5.41) is 9.43. The fraction of sp³-hybridized carbons (Fsp3) is 0.750. The molecular weight excluding hydrogens is 197 g/mol. The van der Waals surface area contributed by atoms with Gasteiger partial charge < -0.3 is 22.3 Å². The van der Waals surface area contributed by atoms with Gasteiger partial charge in [-0.05, 0) is 6.42 Å². The van der Waals surface area contributed by atoms with Crippen LogP contribution < -0.4 is 17.5 Å². The van der Waals surface area contributed by atoms with Crippen molar-refractivity contribution in [3.8, 4) is 0 Å². The Morgan fingerprint density at radius 2 is 1.73 bits per heavy atom. The van der Waals surface area contributed by atoms with Crippen LogP contribution in [0.5, 0.6) is 0 Å². The molecule has 0 aliphatic heterocycles.